The smallest absolute Gasteiger partial charge is 0.407 e. The molecule has 1 heterocycles. The van der Waals surface area contributed by atoms with Gasteiger partial charge in [-0.25, -0.2) is 4.79 Å². The van der Waals surface area contributed by atoms with Gasteiger partial charge in [-0.1, -0.05) is 12.1 Å². The highest BCUT2D eigenvalue weighted by Crippen LogP contribution is 2.28. The summed E-state index contributed by atoms with van der Waals surface area (Å²) in [7, 11) is 1.67. The van der Waals surface area contributed by atoms with E-state index in [0.717, 1.165) is 24.5 Å². The lowest BCUT2D eigenvalue weighted by atomic mass is 10.2. The average molecular weight is 410 g/mol. The van der Waals surface area contributed by atoms with E-state index in [9.17, 15) is 9.59 Å². The first kappa shape index (κ1) is 22.2. The van der Waals surface area contributed by atoms with Crippen LogP contribution < -0.4 is 15.0 Å². The first-order valence-electron chi connectivity index (χ1n) is 9.50. The van der Waals surface area contributed by atoms with E-state index >= 15 is 0 Å². The van der Waals surface area contributed by atoms with Crippen molar-refractivity contribution in [1.82, 2.24) is 10.2 Å². The third-order valence-electron chi connectivity index (χ3n) is 4.20. The summed E-state index contributed by atoms with van der Waals surface area (Å²) >= 11 is 1.52. The van der Waals surface area contributed by atoms with Crippen molar-refractivity contribution in [2.24, 2.45) is 0 Å². The van der Waals surface area contributed by atoms with Crippen LogP contribution in [0, 0.1) is 0 Å². The fourth-order valence-corrected chi connectivity index (χ4v) is 3.63. The van der Waals surface area contributed by atoms with Crippen LogP contribution in [0.2, 0.25) is 0 Å². The summed E-state index contributed by atoms with van der Waals surface area (Å²) in [6, 6.07) is 7.95. The molecule has 1 N–H and O–H groups in total. The molecule has 0 aromatic heterocycles. The summed E-state index contributed by atoms with van der Waals surface area (Å²) in [4.78, 5) is 28.1. The van der Waals surface area contributed by atoms with E-state index in [0.29, 0.717) is 31.1 Å². The largest absolute Gasteiger partial charge is 0.495 e. The van der Waals surface area contributed by atoms with Crippen LogP contribution in [0.15, 0.2) is 24.3 Å². The topological polar surface area (TPSA) is 71.1 Å². The maximum absolute atomic E-state index is 12.4. The molecule has 2 amide bonds. The van der Waals surface area contributed by atoms with E-state index < -0.39 is 11.7 Å². The van der Waals surface area contributed by atoms with Gasteiger partial charge in [-0.3, -0.25) is 4.79 Å². The van der Waals surface area contributed by atoms with Gasteiger partial charge in [0.1, 0.15) is 11.4 Å². The Kier molecular flexibility index (Phi) is 8.29. The maximum atomic E-state index is 12.4. The third kappa shape index (κ3) is 7.14. The molecule has 0 saturated carbocycles. The Morgan fingerprint density at radius 2 is 1.82 bits per heavy atom. The minimum absolute atomic E-state index is 0.141. The number of para-hydroxylation sites is 2. The summed E-state index contributed by atoms with van der Waals surface area (Å²) in [5, 5.41) is 2.70. The second kappa shape index (κ2) is 10.5. The minimum Gasteiger partial charge on any atom is -0.495 e. The van der Waals surface area contributed by atoms with Gasteiger partial charge >= 0.3 is 6.09 Å². The lowest BCUT2D eigenvalue weighted by Crippen LogP contribution is -2.49. The Balaban J connectivity index is 1.65. The number of hydrogen-bond acceptors (Lipinski definition) is 6. The van der Waals surface area contributed by atoms with Gasteiger partial charge in [0.2, 0.25) is 5.91 Å². The number of piperazine rings is 1. The zero-order valence-electron chi connectivity index (χ0n) is 17.2. The highest BCUT2D eigenvalue weighted by Gasteiger charge is 2.22. The van der Waals surface area contributed by atoms with Crippen LogP contribution in [-0.4, -0.2) is 73.8 Å². The fraction of sp³-hybridized carbons (Fsp3) is 0.600. The summed E-state index contributed by atoms with van der Waals surface area (Å²) in [5.41, 5.74) is 0.568. The number of nitrogens with one attached hydrogen (secondary N) is 1. The molecule has 1 aliphatic heterocycles. The Morgan fingerprint density at radius 3 is 2.46 bits per heavy atom. The molecule has 0 radical (unpaired) electrons. The molecule has 1 saturated heterocycles. The molecular formula is C20H31N3O4S. The maximum Gasteiger partial charge on any atom is 0.407 e. The first-order valence-corrected chi connectivity index (χ1v) is 10.7. The minimum atomic E-state index is -0.501. The molecule has 1 aromatic carbocycles. The molecule has 0 spiro atoms. The fourth-order valence-electron chi connectivity index (χ4n) is 2.88. The van der Waals surface area contributed by atoms with Gasteiger partial charge in [-0.05, 0) is 32.9 Å². The molecule has 0 unspecified atom stereocenters. The number of rotatable bonds is 7. The summed E-state index contributed by atoms with van der Waals surface area (Å²) in [5.74, 6) is 2.09. The van der Waals surface area contributed by atoms with E-state index in [4.69, 9.17) is 9.47 Å². The lowest BCUT2D eigenvalue weighted by Gasteiger charge is -2.36. The molecule has 7 nitrogen and oxygen atoms in total. The molecular weight excluding hydrogens is 378 g/mol. The van der Waals surface area contributed by atoms with E-state index in [1.54, 1.807) is 7.11 Å². The van der Waals surface area contributed by atoms with Crippen molar-refractivity contribution >= 4 is 29.4 Å². The van der Waals surface area contributed by atoms with Crippen molar-refractivity contribution in [3.05, 3.63) is 24.3 Å². The van der Waals surface area contributed by atoms with Crippen molar-refractivity contribution in [2.75, 3.05) is 56.2 Å². The summed E-state index contributed by atoms with van der Waals surface area (Å²) < 4.78 is 10.6. The number of carbonyl (C=O) groups is 2. The zero-order valence-corrected chi connectivity index (χ0v) is 18.0. The number of methoxy groups -OCH3 is 1. The van der Waals surface area contributed by atoms with Gasteiger partial charge in [0.05, 0.1) is 18.6 Å². The third-order valence-corrected chi connectivity index (χ3v) is 5.14. The number of hydrogen-bond donors (Lipinski definition) is 1. The Hall–Kier alpha value is -2.09. The van der Waals surface area contributed by atoms with Gasteiger partial charge in [0.25, 0.3) is 0 Å². The average Bonchev–Trinajstić information content (AvgIpc) is 2.66. The number of thioether (sulfide) groups is 1. The van der Waals surface area contributed by atoms with Crippen LogP contribution in [-0.2, 0) is 9.53 Å². The predicted molar refractivity (Wildman–Crippen MR) is 113 cm³/mol. The van der Waals surface area contributed by atoms with E-state index in [2.05, 4.69) is 10.2 Å². The van der Waals surface area contributed by atoms with Crippen molar-refractivity contribution in [2.45, 2.75) is 26.4 Å². The molecule has 28 heavy (non-hydrogen) atoms. The van der Waals surface area contributed by atoms with Gasteiger partial charge < -0.3 is 24.6 Å². The normalized spacial score (nSPS) is 14.6. The van der Waals surface area contributed by atoms with Gasteiger partial charge in [-0.2, -0.15) is 11.8 Å². The second-order valence-electron chi connectivity index (χ2n) is 7.52. The second-order valence-corrected chi connectivity index (χ2v) is 8.63. The Bertz CT molecular complexity index is 655. The first-order chi connectivity index (χ1) is 13.3. The Labute approximate surface area is 171 Å². The van der Waals surface area contributed by atoms with Gasteiger partial charge in [0, 0.05) is 38.5 Å². The van der Waals surface area contributed by atoms with Crippen molar-refractivity contribution in [3.8, 4) is 5.75 Å². The Morgan fingerprint density at radius 1 is 1.14 bits per heavy atom. The van der Waals surface area contributed by atoms with Gasteiger partial charge in [0.15, 0.2) is 0 Å². The van der Waals surface area contributed by atoms with Crippen LogP contribution >= 0.6 is 11.8 Å². The molecule has 0 bridgehead atoms. The van der Waals surface area contributed by atoms with Crippen molar-refractivity contribution < 1.29 is 19.1 Å². The van der Waals surface area contributed by atoms with Crippen LogP contribution in [0.4, 0.5) is 10.5 Å². The highest BCUT2D eigenvalue weighted by molar-refractivity contribution is 7.99. The molecule has 0 atom stereocenters. The number of amides is 2. The summed E-state index contributed by atoms with van der Waals surface area (Å²) in [6.45, 7) is 8.94. The molecule has 8 heteroatoms. The highest BCUT2D eigenvalue weighted by atomic mass is 32.2. The van der Waals surface area contributed by atoms with Crippen LogP contribution in [0.5, 0.6) is 5.75 Å². The lowest BCUT2D eigenvalue weighted by molar-refractivity contribution is -0.128. The predicted octanol–water partition coefficient (Wildman–Crippen LogP) is 2.60. The summed E-state index contributed by atoms with van der Waals surface area (Å²) in [6.07, 6.45) is -0.424. The molecule has 1 aromatic rings. The molecule has 2 rings (SSSR count). The number of benzene rings is 1. The number of alkyl carbamates (subject to hydrolysis) is 1. The van der Waals surface area contributed by atoms with Gasteiger partial charge in [-0.15, -0.1) is 0 Å². The molecule has 156 valence electrons. The number of nitrogens with zero attached hydrogens (tertiary/aromatic N) is 2. The van der Waals surface area contributed by atoms with Crippen molar-refractivity contribution in [1.29, 1.82) is 0 Å². The number of anilines is 1. The SMILES string of the molecule is COc1ccccc1N1CCN(C(=O)CSCCNC(=O)OC(C)(C)C)CC1. The van der Waals surface area contributed by atoms with E-state index in [1.165, 1.54) is 11.8 Å². The monoisotopic (exact) mass is 409 g/mol. The molecule has 1 aliphatic rings. The quantitative estimate of drug-likeness (QED) is 0.698. The van der Waals surface area contributed by atoms with E-state index in [1.807, 2.05) is 49.9 Å². The van der Waals surface area contributed by atoms with Crippen LogP contribution in [0.25, 0.3) is 0 Å². The van der Waals surface area contributed by atoms with Crippen LogP contribution in [0.3, 0.4) is 0 Å². The van der Waals surface area contributed by atoms with Crippen LogP contribution in [0.1, 0.15) is 20.8 Å². The van der Waals surface area contributed by atoms with Crippen molar-refractivity contribution in [3.63, 3.8) is 0 Å². The van der Waals surface area contributed by atoms with E-state index in [-0.39, 0.29) is 5.91 Å². The number of carbonyl (C=O) groups excluding carboxylic acids is 2. The zero-order chi connectivity index (χ0) is 20.6. The molecule has 0 aliphatic carbocycles. The number of ether oxygens (including phenoxy) is 2. The standard InChI is InChI=1S/C20H31N3O4S/c1-20(2,3)27-19(25)21-9-14-28-15-18(24)23-12-10-22(11-13-23)16-7-5-6-8-17(16)26-4/h5-8H,9-15H2,1-4H3,(H,21,25). The molecule has 1 fully saturated rings.